The average molecular weight is 1260 g/mol. The van der Waals surface area contributed by atoms with Crippen LogP contribution in [0.2, 0.25) is 0 Å². The first-order chi connectivity index (χ1) is 42.0. The minimum atomic E-state index is -2.03. The van der Waals surface area contributed by atoms with Gasteiger partial charge < -0.3 is 135 Å². The van der Waals surface area contributed by atoms with E-state index < -0.39 is 216 Å². The molecule has 32 heteroatoms. The maximum absolute atomic E-state index is 13.9. The number of unbranched alkanes of at least 4 members (excludes halogenated alkanes) is 5. The summed E-state index contributed by atoms with van der Waals surface area (Å²) >= 11 is 0. The summed E-state index contributed by atoms with van der Waals surface area (Å²) in [6.45, 7) is 2.01. The summed E-state index contributed by atoms with van der Waals surface area (Å²) in [4.78, 5) is 64.1. The SMILES string of the molecule is CCCCCC/C=C\CCCOc1cccc(C(=O)N[C@H]2C(O)[C@H](O)C(CO)O[C@H]2O[C@@H]2C(CO)OC(OC3C(CO)O[C@@H](O[C@@H]4C(CO)OC(OC5C(CO)OC(O)[C@@H](NC(C)=O)[C@H]5O)C(NC(C)=O)C4O)[C@@H](NC(C)=O)[C@H]3O)C(NC(C)=O)C2O)c1. The number of aliphatic hydroxyl groups excluding tert-OH is 12. The Labute approximate surface area is 507 Å². The van der Waals surface area contributed by atoms with Crippen molar-refractivity contribution in [3.05, 3.63) is 42.0 Å². The third-order valence-corrected chi connectivity index (χ3v) is 15.5. The van der Waals surface area contributed by atoms with E-state index in [4.69, 9.17) is 47.4 Å². The smallest absolute Gasteiger partial charge is 0.251 e. The molecule has 0 radical (unpaired) electrons. The van der Waals surface area contributed by atoms with Crippen LogP contribution in [0.1, 0.15) is 89.9 Å². The number of hydrogen-bond acceptors (Lipinski definition) is 27. The molecule has 15 unspecified atom stereocenters. The molecule has 5 fully saturated rings. The number of carbonyl (C=O) groups excluding carboxylic acids is 5. The van der Waals surface area contributed by atoms with Crippen molar-refractivity contribution < 1.29 is 133 Å². The lowest BCUT2D eigenvalue weighted by Crippen LogP contribution is -2.72. The number of hydrogen-bond donors (Lipinski definition) is 17. The van der Waals surface area contributed by atoms with Crippen molar-refractivity contribution in [2.45, 2.75) is 233 Å². The number of carbonyl (C=O) groups is 5. The molecule has 32 nitrogen and oxygen atoms in total. The highest BCUT2D eigenvalue weighted by Crippen LogP contribution is 2.36. The highest BCUT2D eigenvalue weighted by molar-refractivity contribution is 5.94. The van der Waals surface area contributed by atoms with Crippen molar-refractivity contribution >= 4 is 29.5 Å². The normalized spacial score (nSPS) is 37.8. The van der Waals surface area contributed by atoms with E-state index in [2.05, 4.69) is 45.7 Å². The van der Waals surface area contributed by atoms with Gasteiger partial charge in [0.2, 0.25) is 23.6 Å². The Kier molecular flexibility index (Phi) is 28.5. The average Bonchev–Trinajstić information content (AvgIpc) is 0.891. The predicted octanol–water partition coefficient (Wildman–Crippen LogP) is -6.23. The van der Waals surface area contributed by atoms with Gasteiger partial charge in [-0.2, -0.15) is 0 Å². The molecule has 0 bridgehead atoms. The first kappa shape index (κ1) is 72.3. The number of allylic oxidation sites excluding steroid dienone is 2. The van der Waals surface area contributed by atoms with Crippen LogP contribution in [0.15, 0.2) is 36.4 Å². The zero-order valence-corrected chi connectivity index (χ0v) is 49.6. The molecule has 5 aliphatic heterocycles. The molecule has 5 heterocycles. The lowest BCUT2D eigenvalue weighted by Gasteiger charge is -2.51. The molecule has 0 spiro atoms. The summed E-state index contributed by atoms with van der Waals surface area (Å²) in [5, 5.41) is 145. The first-order valence-electron chi connectivity index (χ1n) is 29.5. The second kappa shape index (κ2) is 34.6. The van der Waals surface area contributed by atoms with E-state index in [1.807, 2.05) is 0 Å². The third-order valence-electron chi connectivity index (χ3n) is 15.5. The molecular formula is C56H89N5O27. The molecule has 5 aliphatic rings. The van der Waals surface area contributed by atoms with Crippen LogP contribution in [0.3, 0.4) is 0 Å². The van der Waals surface area contributed by atoms with Crippen molar-refractivity contribution in [1.82, 2.24) is 26.6 Å². The number of nitrogens with one attached hydrogen (secondary N) is 5. The van der Waals surface area contributed by atoms with Gasteiger partial charge in [-0.1, -0.05) is 44.4 Å². The van der Waals surface area contributed by atoms with Crippen LogP contribution in [-0.2, 0) is 61.8 Å². The van der Waals surface area contributed by atoms with E-state index in [1.165, 1.54) is 25.0 Å². The van der Waals surface area contributed by atoms with Gasteiger partial charge in [0.25, 0.3) is 5.91 Å². The van der Waals surface area contributed by atoms with Crippen LogP contribution in [-0.4, -0.2) is 284 Å². The molecular weight excluding hydrogens is 1170 g/mol. The molecule has 500 valence electrons. The largest absolute Gasteiger partial charge is 0.494 e. The summed E-state index contributed by atoms with van der Waals surface area (Å²) in [6, 6.07) is -2.18. The van der Waals surface area contributed by atoms with Gasteiger partial charge in [0.05, 0.1) is 39.6 Å². The van der Waals surface area contributed by atoms with E-state index >= 15 is 0 Å². The Bertz CT molecular complexity index is 2400. The molecule has 1 aromatic rings. The molecule has 0 aliphatic carbocycles. The molecule has 6 rings (SSSR count). The quantitative estimate of drug-likeness (QED) is 0.0262. The standard InChI is InChI=1S/C56H89N5O27/c1-6-7-8-9-10-11-12-13-14-18-79-30-17-15-16-29(19-30)51(77)61-37-42(72)41(71)31(20-62)81-53(37)86-48-33(22-64)83-55(39(44(48)74)59-27(4)69)88-50-35(24-66)84-56(40(46(50)76)60-28(5)70)87-49-34(23-65)82-54(38(45(49)75)58-26(3)68)85-47-32(21-63)80-52(78)36(43(47)73)57-25(2)67/h11-12,15-17,19,31-50,52-56,62-66,71-76,78H,6-10,13-14,18,20-24H2,1-5H3,(H,57,67)(H,58,68)(H,59,69)(H,60,70)(H,61,77)/b12-11-/t31?,32?,33?,34?,35?,36-,37-,38?,39?,40-,41+,42?,43+,44?,45?,46+,47?,48+,49+,50?,52?,53-,54?,55?,56-/m0/s1. The molecule has 5 amide bonds. The highest BCUT2D eigenvalue weighted by atomic mass is 16.8. The summed E-state index contributed by atoms with van der Waals surface area (Å²) in [5.74, 6) is -3.54. The monoisotopic (exact) mass is 1260 g/mol. The van der Waals surface area contributed by atoms with Crippen molar-refractivity contribution in [3.8, 4) is 5.75 Å². The fourth-order valence-electron chi connectivity index (χ4n) is 11.1. The number of amides is 5. The second-order valence-electron chi connectivity index (χ2n) is 22.2. The summed E-state index contributed by atoms with van der Waals surface area (Å²) in [6.07, 6.45) is -24.4. The molecule has 88 heavy (non-hydrogen) atoms. The van der Waals surface area contributed by atoms with Crippen molar-refractivity contribution in [2.24, 2.45) is 0 Å². The Morgan fingerprint density at radius 3 is 1.24 bits per heavy atom. The Morgan fingerprint density at radius 1 is 0.455 bits per heavy atom. The van der Waals surface area contributed by atoms with Crippen LogP contribution in [0.4, 0.5) is 0 Å². The first-order valence-corrected chi connectivity index (χ1v) is 29.5. The highest BCUT2D eigenvalue weighted by Gasteiger charge is 2.58. The van der Waals surface area contributed by atoms with Gasteiger partial charge >= 0.3 is 0 Å². The number of benzene rings is 1. The maximum Gasteiger partial charge on any atom is 0.251 e. The van der Waals surface area contributed by atoms with E-state index in [1.54, 1.807) is 12.1 Å². The van der Waals surface area contributed by atoms with Crippen LogP contribution in [0.25, 0.3) is 0 Å². The van der Waals surface area contributed by atoms with Gasteiger partial charge in [-0.3, -0.25) is 24.0 Å². The van der Waals surface area contributed by atoms with Gasteiger partial charge in [-0.15, -0.1) is 0 Å². The lowest BCUT2D eigenvalue weighted by atomic mass is 9.93. The van der Waals surface area contributed by atoms with Crippen LogP contribution < -0.4 is 31.3 Å². The summed E-state index contributed by atoms with van der Waals surface area (Å²) in [7, 11) is 0. The number of ether oxygens (including phenoxy) is 10. The van der Waals surface area contributed by atoms with Gasteiger partial charge in [0.15, 0.2) is 31.5 Å². The zero-order valence-electron chi connectivity index (χ0n) is 49.6. The predicted molar refractivity (Wildman–Crippen MR) is 297 cm³/mol. The molecule has 0 saturated carbocycles. The fourth-order valence-corrected chi connectivity index (χ4v) is 11.1. The molecule has 5 saturated heterocycles. The van der Waals surface area contributed by atoms with E-state index in [0.717, 1.165) is 53.4 Å². The van der Waals surface area contributed by atoms with Crippen molar-refractivity contribution in [3.63, 3.8) is 0 Å². The van der Waals surface area contributed by atoms with Crippen molar-refractivity contribution in [2.75, 3.05) is 39.6 Å². The Balaban J connectivity index is 1.18. The minimum absolute atomic E-state index is 0.0576. The van der Waals surface area contributed by atoms with Crippen LogP contribution >= 0.6 is 0 Å². The zero-order chi connectivity index (χ0) is 64.5. The lowest BCUT2D eigenvalue weighted by molar-refractivity contribution is -0.367. The topological polar surface area (TPSA) is 481 Å². The second-order valence-corrected chi connectivity index (χ2v) is 22.2. The van der Waals surface area contributed by atoms with Crippen molar-refractivity contribution in [1.29, 1.82) is 0 Å². The number of aliphatic hydroxyl groups is 12. The Morgan fingerprint density at radius 2 is 0.830 bits per heavy atom. The van der Waals surface area contributed by atoms with Gasteiger partial charge in [0, 0.05) is 33.3 Å². The van der Waals surface area contributed by atoms with Gasteiger partial charge in [-0.25, -0.2) is 0 Å². The van der Waals surface area contributed by atoms with Gasteiger partial charge in [-0.05, 0) is 43.9 Å². The third kappa shape index (κ3) is 18.7. The van der Waals surface area contributed by atoms with E-state index in [-0.39, 0.29) is 5.56 Å². The van der Waals surface area contributed by atoms with Gasteiger partial charge in [0.1, 0.15) is 128 Å². The van der Waals surface area contributed by atoms with Crippen LogP contribution in [0, 0.1) is 0 Å². The summed E-state index contributed by atoms with van der Waals surface area (Å²) in [5.41, 5.74) is 0.0576. The maximum atomic E-state index is 13.9. The fraction of sp³-hybridized carbons (Fsp3) is 0.768. The molecule has 1 aromatic carbocycles. The molecule has 25 atom stereocenters. The summed E-state index contributed by atoms with van der Waals surface area (Å²) < 4.78 is 59.8. The van der Waals surface area contributed by atoms with E-state index in [9.17, 15) is 85.3 Å². The number of rotatable bonds is 29. The Hall–Kier alpha value is -4.73. The molecule has 0 aromatic heterocycles. The van der Waals surface area contributed by atoms with E-state index in [0.29, 0.717) is 18.8 Å². The van der Waals surface area contributed by atoms with Crippen LogP contribution in [0.5, 0.6) is 5.75 Å². The molecule has 17 N–H and O–H groups in total. The minimum Gasteiger partial charge on any atom is -0.494 e.